The normalized spacial score (nSPS) is 10.6. The van der Waals surface area contributed by atoms with Gasteiger partial charge in [-0.1, -0.05) is 54.2 Å². The zero-order valence-electron chi connectivity index (χ0n) is 20.0. The van der Waals surface area contributed by atoms with Crippen LogP contribution in [0.1, 0.15) is 22.8 Å². The van der Waals surface area contributed by atoms with Crippen LogP contribution in [-0.2, 0) is 20.7 Å². The van der Waals surface area contributed by atoms with E-state index in [1.54, 1.807) is 55.5 Å². The highest BCUT2D eigenvalue weighted by molar-refractivity contribution is 7.99. The third kappa shape index (κ3) is 6.62. The Labute approximate surface area is 216 Å². The number of amides is 2. The molecule has 9 nitrogen and oxygen atoms in total. The standard InChI is InChI=1S/C27H24N4O5S/c1-2-36-26(35)19-12-14-20(15-13-19)28-24(33)17-37-27-29-22-11-7-6-10-21(22)25(34)31(27)30-23(32)16-18-8-4-3-5-9-18/h3-15H,2,16-17H2,1H3,(H,28,33)(H,30,32). The summed E-state index contributed by atoms with van der Waals surface area (Å²) in [4.78, 5) is 54.8. The molecule has 2 amide bonds. The largest absolute Gasteiger partial charge is 0.462 e. The average molecular weight is 517 g/mol. The first-order chi connectivity index (χ1) is 17.9. The number of anilines is 1. The summed E-state index contributed by atoms with van der Waals surface area (Å²) in [5.74, 6) is -1.25. The molecule has 10 heteroatoms. The number of esters is 1. The second-order valence-electron chi connectivity index (χ2n) is 7.88. The molecule has 4 aromatic rings. The van der Waals surface area contributed by atoms with Crippen LogP contribution in [0.15, 0.2) is 88.8 Å². The molecule has 4 rings (SSSR count). The summed E-state index contributed by atoms with van der Waals surface area (Å²) in [6.07, 6.45) is 0.0759. The van der Waals surface area contributed by atoms with Crippen molar-refractivity contribution in [2.45, 2.75) is 18.5 Å². The predicted octanol–water partition coefficient (Wildman–Crippen LogP) is 3.62. The predicted molar refractivity (Wildman–Crippen MR) is 142 cm³/mol. The second kappa shape index (κ2) is 12.0. The highest BCUT2D eigenvalue weighted by Gasteiger charge is 2.16. The zero-order valence-corrected chi connectivity index (χ0v) is 20.8. The van der Waals surface area contributed by atoms with Gasteiger partial charge >= 0.3 is 5.97 Å². The molecule has 1 heterocycles. The van der Waals surface area contributed by atoms with E-state index < -0.39 is 17.4 Å². The number of hydrogen-bond acceptors (Lipinski definition) is 7. The third-order valence-corrected chi connectivity index (χ3v) is 6.14. The first-order valence-corrected chi connectivity index (χ1v) is 12.5. The Morgan fingerprint density at radius 1 is 0.919 bits per heavy atom. The Balaban J connectivity index is 1.49. The molecule has 0 saturated carbocycles. The van der Waals surface area contributed by atoms with Crippen LogP contribution in [0.5, 0.6) is 0 Å². The minimum Gasteiger partial charge on any atom is -0.462 e. The van der Waals surface area contributed by atoms with E-state index in [1.807, 2.05) is 30.3 Å². The van der Waals surface area contributed by atoms with Crippen molar-refractivity contribution in [3.63, 3.8) is 0 Å². The fourth-order valence-electron chi connectivity index (χ4n) is 3.48. The molecule has 0 aliphatic rings. The van der Waals surface area contributed by atoms with E-state index in [0.29, 0.717) is 22.2 Å². The van der Waals surface area contributed by atoms with Crippen molar-refractivity contribution in [3.8, 4) is 0 Å². The lowest BCUT2D eigenvalue weighted by atomic mass is 10.1. The van der Waals surface area contributed by atoms with E-state index in [9.17, 15) is 19.2 Å². The fourth-order valence-corrected chi connectivity index (χ4v) is 4.24. The van der Waals surface area contributed by atoms with Crippen molar-refractivity contribution in [1.29, 1.82) is 0 Å². The molecule has 0 fully saturated rings. The number of nitrogens with zero attached hydrogens (tertiary/aromatic N) is 2. The van der Waals surface area contributed by atoms with Crippen molar-refractivity contribution in [2.75, 3.05) is 23.1 Å². The van der Waals surface area contributed by atoms with Crippen LogP contribution in [0.2, 0.25) is 0 Å². The molecule has 0 radical (unpaired) electrons. The van der Waals surface area contributed by atoms with E-state index in [4.69, 9.17) is 4.74 Å². The number of nitrogens with one attached hydrogen (secondary N) is 2. The maximum absolute atomic E-state index is 13.2. The highest BCUT2D eigenvalue weighted by atomic mass is 32.2. The molecule has 188 valence electrons. The summed E-state index contributed by atoms with van der Waals surface area (Å²) < 4.78 is 6.04. The first-order valence-electron chi connectivity index (χ1n) is 11.5. The van der Waals surface area contributed by atoms with Gasteiger partial charge in [0, 0.05) is 5.69 Å². The summed E-state index contributed by atoms with van der Waals surface area (Å²) in [6.45, 7) is 2.00. The number of rotatable bonds is 9. The molecule has 0 spiro atoms. The van der Waals surface area contributed by atoms with Gasteiger partial charge in [0.25, 0.3) is 5.56 Å². The number of fused-ring (bicyclic) bond motifs is 1. The van der Waals surface area contributed by atoms with Gasteiger partial charge in [-0.25, -0.2) is 9.78 Å². The maximum atomic E-state index is 13.2. The lowest BCUT2D eigenvalue weighted by Gasteiger charge is -2.14. The summed E-state index contributed by atoms with van der Waals surface area (Å²) in [5, 5.41) is 3.26. The van der Waals surface area contributed by atoms with Crippen molar-refractivity contribution < 1.29 is 19.1 Å². The number of carbonyl (C=O) groups is 3. The second-order valence-corrected chi connectivity index (χ2v) is 8.83. The lowest BCUT2D eigenvalue weighted by Crippen LogP contribution is -2.36. The Morgan fingerprint density at radius 2 is 1.62 bits per heavy atom. The SMILES string of the molecule is CCOC(=O)c1ccc(NC(=O)CSc2nc3ccccc3c(=O)n2NC(=O)Cc2ccccc2)cc1. The van der Waals surface area contributed by atoms with Gasteiger partial charge in [-0.15, -0.1) is 0 Å². The highest BCUT2D eigenvalue weighted by Crippen LogP contribution is 2.18. The molecule has 37 heavy (non-hydrogen) atoms. The van der Waals surface area contributed by atoms with Crippen LogP contribution in [0, 0.1) is 0 Å². The number of thioether (sulfide) groups is 1. The first kappa shape index (κ1) is 25.6. The van der Waals surface area contributed by atoms with Crippen LogP contribution >= 0.6 is 11.8 Å². The molecular formula is C27H24N4O5S. The molecule has 0 aliphatic heterocycles. The van der Waals surface area contributed by atoms with E-state index in [-0.39, 0.29) is 29.8 Å². The van der Waals surface area contributed by atoms with Gasteiger partial charge in [0.15, 0.2) is 5.16 Å². The van der Waals surface area contributed by atoms with Crippen LogP contribution in [0.4, 0.5) is 5.69 Å². The van der Waals surface area contributed by atoms with Gasteiger partial charge in [-0.05, 0) is 48.9 Å². The van der Waals surface area contributed by atoms with Crippen molar-refractivity contribution >= 4 is 46.1 Å². The quantitative estimate of drug-likeness (QED) is 0.198. The minimum absolute atomic E-state index is 0.0705. The Kier molecular flexibility index (Phi) is 8.32. The molecule has 0 atom stereocenters. The minimum atomic E-state index is -0.440. The lowest BCUT2D eigenvalue weighted by molar-refractivity contribution is -0.116. The van der Waals surface area contributed by atoms with Crippen LogP contribution in [-0.4, -0.2) is 39.8 Å². The third-order valence-electron chi connectivity index (χ3n) is 5.20. The van der Waals surface area contributed by atoms with Gasteiger partial charge < -0.3 is 10.1 Å². The summed E-state index contributed by atoms with van der Waals surface area (Å²) in [6, 6.07) is 22.3. The van der Waals surface area contributed by atoms with Crippen molar-refractivity contribution in [2.24, 2.45) is 0 Å². The fraction of sp³-hybridized carbons (Fsp3) is 0.148. The molecule has 2 N–H and O–H groups in total. The zero-order chi connectivity index (χ0) is 26.2. The van der Waals surface area contributed by atoms with E-state index >= 15 is 0 Å². The number of carbonyl (C=O) groups excluding carboxylic acids is 3. The average Bonchev–Trinajstić information content (AvgIpc) is 2.90. The van der Waals surface area contributed by atoms with Gasteiger partial charge in [-0.3, -0.25) is 19.8 Å². The molecule has 0 saturated heterocycles. The number of aromatic nitrogens is 2. The molecule has 3 aromatic carbocycles. The molecule has 0 bridgehead atoms. The smallest absolute Gasteiger partial charge is 0.338 e. The maximum Gasteiger partial charge on any atom is 0.338 e. The molecule has 1 aromatic heterocycles. The van der Waals surface area contributed by atoms with E-state index in [1.165, 1.54) is 0 Å². The van der Waals surface area contributed by atoms with Gasteiger partial charge in [0.2, 0.25) is 11.8 Å². The van der Waals surface area contributed by atoms with Crippen LogP contribution in [0.25, 0.3) is 10.9 Å². The summed E-state index contributed by atoms with van der Waals surface area (Å²) in [7, 11) is 0. The number of hydrogen-bond donors (Lipinski definition) is 2. The number of ether oxygens (including phenoxy) is 1. The summed E-state index contributed by atoms with van der Waals surface area (Å²) >= 11 is 1.02. The Morgan fingerprint density at radius 3 is 2.35 bits per heavy atom. The molecule has 0 unspecified atom stereocenters. The van der Waals surface area contributed by atoms with E-state index in [2.05, 4.69) is 15.7 Å². The number of para-hydroxylation sites is 1. The topological polar surface area (TPSA) is 119 Å². The number of benzene rings is 3. The van der Waals surface area contributed by atoms with Crippen LogP contribution in [0.3, 0.4) is 0 Å². The van der Waals surface area contributed by atoms with Gasteiger partial charge in [-0.2, -0.15) is 4.68 Å². The van der Waals surface area contributed by atoms with Crippen molar-refractivity contribution in [3.05, 3.63) is 100 Å². The summed E-state index contributed by atoms with van der Waals surface area (Å²) in [5.41, 5.74) is 4.32. The van der Waals surface area contributed by atoms with Crippen LogP contribution < -0.4 is 16.3 Å². The van der Waals surface area contributed by atoms with E-state index in [0.717, 1.165) is 22.0 Å². The molecular weight excluding hydrogens is 492 g/mol. The van der Waals surface area contributed by atoms with Gasteiger partial charge in [0.05, 0.1) is 35.2 Å². The van der Waals surface area contributed by atoms with Gasteiger partial charge in [0.1, 0.15) is 0 Å². The van der Waals surface area contributed by atoms with Crippen molar-refractivity contribution in [1.82, 2.24) is 9.66 Å². The Hall–Kier alpha value is -4.44. The monoisotopic (exact) mass is 516 g/mol. The Bertz CT molecular complexity index is 1490. The molecule has 0 aliphatic carbocycles.